The fraction of sp³-hybridized carbons (Fsp3) is 0.250. The van der Waals surface area contributed by atoms with Crippen molar-refractivity contribution in [3.05, 3.63) is 15.8 Å². The smallest absolute Gasteiger partial charge is 0.141 e. The van der Waals surface area contributed by atoms with Gasteiger partial charge >= 0.3 is 0 Å². The van der Waals surface area contributed by atoms with Crippen molar-refractivity contribution < 1.29 is 0 Å². The maximum absolute atomic E-state index is 5.62. The van der Waals surface area contributed by atoms with Crippen molar-refractivity contribution in [1.82, 2.24) is 9.78 Å². The third kappa shape index (κ3) is 0.880. The Morgan fingerprint density at radius 1 is 1.88 bits per heavy atom. The van der Waals surface area contributed by atoms with Crippen molar-refractivity contribution >= 4 is 27.5 Å². The van der Waals surface area contributed by atoms with E-state index in [1.54, 1.807) is 7.05 Å². The highest BCUT2D eigenvalue weighted by Gasteiger charge is 1.99. The summed E-state index contributed by atoms with van der Waals surface area (Å²) in [7, 11) is 1.75. The second-order valence-corrected chi connectivity index (χ2v) is 2.49. The summed E-state index contributed by atoms with van der Waals surface area (Å²) in [5, 5.41) is 4.30. The minimum atomic E-state index is 0.574. The van der Waals surface area contributed by atoms with E-state index >= 15 is 0 Å². The molecule has 0 aliphatic heterocycles. The van der Waals surface area contributed by atoms with Crippen LogP contribution in [-0.2, 0) is 7.05 Å². The zero-order chi connectivity index (χ0) is 6.15. The number of aryl methyl sites for hydroxylation is 1. The molecule has 8 heavy (non-hydrogen) atoms. The Bertz CT molecular complexity index is 176. The van der Waals surface area contributed by atoms with Gasteiger partial charge in [-0.1, -0.05) is 11.6 Å². The Morgan fingerprint density at radius 2 is 2.50 bits per heavy atom. The Labute approximate surface area is 60.6 Å². The van der Waals surface area contributed by atoms with E-state index in [9.17, 15) is 0 Å². The zero-order valence-corrected chi connectivity index (χ0v) is 6.49. The fourth-order valence-electron chi connectivity index (χ4n) is 0.351. The van der Waals surface area contributed by atoms with Crippen LogP contribution in [0, 0.1) is 6.20 Å². The van der Waals surface area contributed by atoms with Crippen LogP contribution >= 0.6 is 27.5 Å². The van der Waals surface area contributed by atoms with Crippen LogP contribution in [0.2, 0.25) is 5.15 Å². The monoisotopic (exact) mass is 193 g/mol. The van der Waals surface area contributed by atoms with E-state index in [1.165, 1.54) is 4.68 Å². The average Bonchev–Trinajstić information content (AvgIpc) is 1.98. The van der Waals surface area contributed by atoms with Crippen LogP contribution in [0.5, 0.6) is 0 Å². The summed E-state index contributed by atoms with van der Waals surface area (Å²) < 4.78 is 2.24. The first-order valence-electron chi connectivity index (χ1n) is 1.97. The molecule has 0 N–H and O–H groups in total. The highest BCUT2D eigenvalue weighted by atomic mass is 79.9. The molecule has 43 valence electrons. The molecular formula is C4H3BrClN2. The van der Waals surface area contributed by atoms with E-state index in [-0.39, 0.29) is 0 Å². The van der Waals surface area contributed by atoms with Gasteiger partial charge in [0.1, 0.15) is 11.3 Å². The molecule has 0 amide bonds. The second kappa shape index (κ2) is 2.07. The number of rotatable bonds is 0. The summed E-state index contributed by atoms with van der Waals surface area (Å²) in [6.45, 7) is 0. The summed E-state index contributed by atoms with van der Waals surface area (Å²) in [6.07, 6.45) is 2.63. The number of nitrogens with zero attached hydrogens (tertiary/aromatic N) is 2. The van der Waals surface area contributed by atoms with Gasteiger partial charge in [-0.15, -0.1) is 0 Å². The van der Waals surface area contributed by atoms with Gasteiger partial charge < -0.3 is 0 Å². The van der Waals surface area contributed by atoms with Gasteiger partial charge in [0.05, 0.1) is 4.47 Å². The first-order chi connectivity index (χ1) is 3.72. The normalized spacial score (nSPS) is 9.88. The molecule has 0 saturated heterocycles. The van der Waals surface area contributed by atoms with Crippen LogP contribution in [0.15, 0.2) is 4.47 Å². The van der Waals surface area contributed by atoms with Gasteiger partial charge in [0.2, 0.25) is 0 Å². The van der Waals surface area contributed by atoms with Crippen LogP contribution in [0.1, 0.15) is 0 Å². The van der Waals surface area contributed by atoms with Crippen molar-refractivity contribution in [2.24, 2.45) is 7.05 Å². The van der Waals surface area contributed by atoms with E-state index < -0.39 is 0 Å². The molecule has 0 saturated carbocycles. The van der Waals surface area contributed by atoms with Gasteiger partial charge in [-0.25, -0.2) is 0 Å². The third-order valence-corrected chi connectivity index (χ3v) is 1.98. The molecule has 1 aromatic heterocycles. The molecular weight excluding hydrogens is 191 g/mol. The lowest BCUT2D eigenvalue weighted by molar-refractivity contribution is 0.766. The molecule has 1 aromatic rings. The lowest BCUT2D eigenvalue weighted by atomic mass is 10.7. The van der Waals surface area contributed by atoms with Crippen molar-refractivity contribution in [3.63, 3.8) is 0 Å². The molecule has 0 bridgehead atoms. The van der Waals surface area contributed by atoms with E-state index in [0.717, 1.165) is 0 Å². The first kappa shape index (κ1) is 6.11. The number of hydrogen-bond acceptors (Lipinski definition) is 1. The number of aromatic nitrogens is 2. The predicted octanol–water partition coefficient (Wildman–Crippen LogP) is 1.64. The van der Waals surface area contributed by atoms with Crippen LogP contribution in [0.25, 0.3) is 0 Å². The Kier molecular flexibility index (Phi) is 1.58. The largest absolute Gasteiger partial charge is 0.255 e. The summed E-state index contributed by atoms with van der Waals surface area (Å²) in [6, 6.07) is 0. The highest BCUT2D eigenvalue weighted by Crippen LogP contribution is 2.18. The van der Waals surface area contributed by atoms with Crippen molar-refractivity contribution in [3.8, 4) is 0 Å². The van der Waals surface area contributed by atoms with E-state index in [2.05, 4.69) is 27.2 Å². The lowest BCUT2D eigenvalue weighted by Crippen LogP contribution is -1.87. The van der Waals surface area contributed by atoms with Gasteiger partial charge in [-0.2, -0.15) is 5.10 Å². The lowest BCUT2D eigenvalue weighted by Gasteiger charge is -1.86. The van der Waals surface area contributed by atoms with Crippen LogP contribution in [0.3, 0.4) is 0 Å². The van der Waals surface area contributed by atoms with Crippen LogP contribution in [0.4, 0.5) is 0 Å². The Balaban J connectivity index is 3.19. The minimum Gasteiger partial charge on any atom is -0.255 e. The molecule has 1 heterocycles. The maximum Gasteiger partial charge on any atom is 0.141 e. The van der Waals surface area contributed by atoms with Crippen molar-refractivity contribution in [1.29, 1.82) is 0 Å². The predicted molar refractivity (Wildman–Crippen MR) is 34.8 cm³/mol. The van der Waals surface area contributed by atoms with Crippen LogP contribution in [-0.4, -0.2) is 9.78 Å². The van der Waals surface area contributed by atoms with E-state index in [0.29, 0.717) is 9.63 Å². The van der Waals surface area contributed by atoms with Crippen LogP contribution < -0.4 is 0 Å². The molecule has 0 aliphatic carbocycles. The third-order valence-electron chi connectivity index (χ3n) is 0.763. The summed E-state index contributed by atoms with van der Waals surface area (Å²) >= 11 is 8.76. The summed E-state index contributed by atoms with van der Waals surface area (Å²) in [5.41, 5.74) is 0. The van der Waals surface area contributed by atoms with E-state index in [4.69, 9.17) is 11.6 Å². The van der Waals surface area contributed by atoms with Crippen molar-refractivity contribution in [2.45, 2.75) is 0 Å². The zero-order valence-electron chi connectivity index (χ0n) is 4.15. The molecule has 1 rings (SSSR count). The van der Waals surface area contributed by atoms with Crippen molar-refractivity contribution in [2.75, 3.05) is 0 Å². The molecule has 4 heteroatoms. The van der Waals surface area contributed by atoms with Gasteiger partial charge in [-0.05, 0) is 15.9 Å². The maximum atomic E-state index is 5.62. The number of hydrogen-bond donors (Lipinski definition) is 0. The van der Waals surface area contributed by atoms with Gasteiger partial charge in [-0.3, -0.25) is 4.68 Å². The molecule has 0 aliphatic rings. The highest BCUT2D eigenvalue weighted by molar-refractivity contribution is 9.10. The minimum absolute atomic E-state index is 0.574. The fourth-order valence-corrected chi connectivity index (χ4v) is 0.767. The Hall–Kier alpha value is -0.0200. The average molecular weight is 194 g/mol. The molecule has 0 spiro atoms. The second-order valence-electron chi connectivity index (χ2n) is 1.34. The molecule has 2 nitrogen and oxygen atoms in total. The van der Waals surface area contributed by atoms with Gasteiger partial charge in [0.25, 0.3) is 0 Å². The molecule has 0 fully saturated rings. The molecule has 0 atom stereocenters. The summed E-state index contributed by atoms with van der Waals surface area (Å²) in [4.78, 5) is 0. The quantitative estimate of drug-likeness (QED) is 0.614. The van der Waals surface area contributed by atoms with Gasteiger partial charge in [0.15, 0.2) is 0 Å². The standard InChI is InChI=1S/C4H3BrClN2/c1-8-4(6)3(5)2-7-8/h1H3. The number of halogens is 2. The molecule has 0 unspecified atom stereocenters. The topological polar surface area (TPSA) is 17.8 Å². The first-order valence-corrected chi connectivity index (χ1v) is 3.14. The van der Waals surface area contributed by atoms with E-state index in [1.807, 2.05) is 0 Å². The van der Waals surface area contributed by atoms with Gasteiger partial charge in [0, 0.05) is 7.05 Å². The Morgan fingerprint density at radius 3 is 2.62 bits per heavy atom. The summed E-state index contributed by atoms with van der Waals surface area (Å²) in [5.74, 6) is 0. The SMILES string of the molecule is Cn1n[c]c(Br)c1Cl. The molecule has 0 aromatic carbocycles. The molecule has 1 radical (unpaired) electrons.